The number of nitrogens with zero attached hydrogens (tertiary/aromatic N) is 3. The normalized spacial score (nSPS) is 11.2. The van der Waals surface area contributed by atoms with Crippen LogP contribution >= 0.6 is 0 Å². The molecule has 11 aromatic rings. The Balaban J connectivity index is 1.06. The first-order chi connectivity index (χ1) is 30.7. The van der Waals surface area contributed by atoms with Gasteiger partial charge >= 0.3 is 0 Å². The fraction of sp³-hybridized carbons (Fsp3) is 0. The molecule has 0 saturated carbocycles. The van der Waals surface area contributed by atoms with E-state index in [1.54, 1.807) is 0 Å². The van der Waals surface area contributed by atoms with Crippen LogP contribution in [0.1, 0.15) is 0 Å². The van der Waals surface area contributed by atoms with Crippen molar-refractivity contribution in [1.82, 2.24) is 15.0 Å². The summed E-state index contributed by atoms with van der Waals surface area (Å²) in [5, 5.41) is 3.48. The van der Waals surface area contributed by atoms with Gasteiger partial charge in [0, 0.05) is 27.6 Å². The van der Waals surface area contributed by atoms with E-state index in [-0.39, 0.29) is 0 Å². The molecule has 0 radical (unpaired) electrons. The molecule has 0 amide bonds. The van der Waals surface area contributed by atoms with Crippen LogP contribution < -0.4 is 0 Å². The molecule has 3 heteroatoms. The fourth-order valence-electron chi connectivity index (χ4n) is 8.52. The van der Waals surface area contributed by atoms with Gasteiger partial charge in [0.15, 0.2) is 5.82 Å². The largest absolute Gasteiger partial charge is 0.248 e. The van der Waals surface area contributed by atoms with Crippen molar-refractivity contribution in [2.45, 2.75) is 0 Å². The second-order valence-corrected chi connectivity index (χ2v) is 15.6. The van der Waals surface area contributed by atoms with Gasteiger partial charge in [0.1, 0.15) is 0 Å². The van der Waals surface area contributed by atoms with E-state index in [9.17, 15) is 0 Å². The summed E-state index contributed by atoms with van der Waals surface area (Å²) < 4.78 is 0. The molecular formula is C59H39N3. The third-order valence-electron chi connectivity index (χ3n) is 11.6. The Morgan fingerprint density at radius 1 is 0.242 bits per heavy atom. The summed E-state index contributed by atoms with van der Waals surface area (Å²) in [4.78, 5) is 15.7. The Morgan fingerprint density at radius 3 is 1.32 bits per heavy atom. The van der Waals surface area contributed by atoms with E-state index in [1.807, 2.05) is 24.3 Å². The zero-order valence-corrected chi connectivity index (χ0v) is 33.9. The fourth-order valence-corrected chi connectivity index (χ4v) is 8.52. The molecule has 62 heavy (non-hydrogen) atoms. The molecule has 0 bridgehead atoms. The number of rotatable bonds is 8. The third kappa shape index (κ3) is 7.23. The molecule has 3 nitrogen and oxygen atoms in total. The molecule has 9 aromatic carbocycles. The number of hydrogen-bond acceptors (Lipinski definition) is 3. The van der Waals surface area contributed by atoms with Gasteiger partial charge in [-0.15, -0.1) is 0 Å². The molecule has 0 atom stereocenters. The van der Waals surface area contributed by atoms with Gasteiger partial charge in [-0.2, -0.15) is 0 Å². The van der Waals surface area contributed by atoms with E-state index in [1.165, 1.54) is 16.3 Å². The van der Waals surface area contributed by atoms with Crippen LogP contribution in [0.25, 0.3) is 111 Å². The Kier molecular flexibility index (Phi) is 9.53. The molecule has 290 valence electrons. The second kappa shape index (κ2) is 16.1. The Morgan fingerprint density at radius 2 is 0.694 bits per heavy atom. The summed E-state index contributed by atoms with van der Waals surface area (Å²) in [5.74, 6) is 0.683. The lowest BCUT2D eigenvalue weighted by Gasteiger charge is -2.15. The van der Waals surface area contributed by atoms with E-state index in [2.05, 4.69) is 212 Å². The standard InChI is InChI=1S/C59H39N3/c1-6-17-40(18-7-1)49-34-50(41-19-8-2-9-20-41)36-51(35-49)57-39-56(61-59(62-57)45-25-14-5-15-26-45)48-28-16-27-46(33-48)47-30-29-43-31-32-54-58(52(43)37-47)53(42-21-10-3-11-22-42)38-55(60-54)44-23-12-4-13-24-44/h1-39H. The van der Waals surface area contributed by atoms with E-state index in [0.29, 0.717) is 5.82 Å². The minimum atomic E-state index is 0.683. The van der Waals surface area contributed by atoms with Crippen molar-refractivity contribution in [3.8, 4) is 89.7 Å². The van der Waals surface area contributed by atoms with Crippen LogP contribution in [-0.4, -0.2) is 15.0 Å². The number of fused-ring (bicyclic) bond motifs is 3. The first-order valence-corrected chi connectivity index (χ1v) is 21.0. The summed E-state index contributed by atoms with van der Waals surface area (Å²) in [6.07, 6.45) is 0. The second-order valence-electron chi connectivity index (χ2n) is 15.6. The highest BCUT2D eigenvalue weighted by atomic mass is 14.9. The van der Waals surface area contributed by atoms with Crippen LogP contribution in [0.2, 0.25) is 0 Å². The van der Waals surface area contributed by atoms with Crippen molar-refractivity contribution in [1.29, 1.82) is 0 Å². The van der Waals surface area contributed by atoms with E-state index in [4.69, 9.17) is 15.0 Å². The molecule has 2 aromatic heterocycles. The van der Waals surface area contributed by atoms with Crippen LogP contribution in [0.15, 0.2) is 237 Å². The minimum Gasteiger partial charge on any atom is -0.248 e. The van der Waals surface area contributed by atoms with Crippen LogP contribution in [0.4, 0.5) is 0 Å². The van der Waals surface area contributed by atoms with Crippen molar-refractivity contribution < 1.29 is 0 Å². The van der Waals surface area contributed by atoms with Crippen molar-refractivity contribution in [2.24, 2.45) is 0 Å². The monoisotopic (exact) mass is 789 g/mol. The van der Waals surface area contributed by atoms with E-state index >= 15 is 0 Å². The highest BCUT2D eigenvalue weighted by Crippen LogP contribution is 2.40. The van der Waals surface area contributed by atoms with Crippen LogP contribution in [-0.2, 0) is 0 Å². The van der Waals surface area contributed by atoms with Gasteiger partial charge in [0.2, 0.25) is 0 Å². The van der Waals surface area contributed by atoms with Gasteiger partial charge in [0.25, 0.3) is 0 Å². The van der Waals surface area contributed by atoms with Gasteiger partial charge in [-0.05, 0) is 104 Å². The molecule has 0 aliphatic carbocycles. The maximum atomic E-state index is 5.25. The first kappa shape index (κ1) is 36.8. The summed E-state index contributed by atoms with van der Waals surface area (Å²) in [7, 11) is 0. The zero-order valence-electron chi connectivity index (χ0n) is 33.9. The number of benzene rings is 9. The average Bonchev–Trinajstić information content (AvgIpc) is 3.37. The SMILES string of the molecule is c1ccc(-c2cc(-c3ccccc3)cc(-c3cc(-c4cccc(-c5ccc6ccc7nc(-c8ccccc8)cc(-c8ccccc8)c7c6c5)c4)nc(-c4ccccc4)n3)c2)cc1. The molecular weight excluding hydrogens is 751 g/mol. The van der Waals surface area contributed by atoms with Gasteiger partial charge in [-0.1, -0.05) is 188 Å². The molecule has 0 N–H and O–H groups in total. The molecule has 11 rings (SSSR count). The molecule has 2 heterocycles. The van der Waals surface area contributed by atoms with Crippen LogP contribution in [0.5, 0.6) is 0 Å². The predicted molar refractivity (Wildman–Crippen MR) is 258 cm³/mol. The van der Waals surface area contributed by atoms with Gasteiger partial charge in [0.05, 0.1) is 22.6 Å². The molecule has 0 fully saturated rings. The minimum absolute atomic E-state index is 0.683. The topological polar surface area (TPSA) is 38.7 Å². The molecule has 0 saturated heterocycles. The molecule has 0 unspecified atom stereocenters. The molecule has 0 aliphatic rings. The Hall–Kier alpha value is -8.27. The first-order valence-electron chi connectivity index (χ1n) is 21.0. The zero-order chi connectivity index (χ0) is 41.2. The van der Waals surface area contributed by atoms with Gasteiger partial charge in [-0.25, -0.2) is 15.0 Å². The molecule has 0 aliphatic heterocycles. The van der Waals surface area contributed by atoms with Gasteiger partial charge in [-0.3, -0.25) is 0 Å². The van der Waals surface area contributed by atoms with E-state index in [0.717, 1.165) is 89.2 Å². The Labute approximate surface area is 361 Å². The summed E-state index contributed by atoms with van der Waals surface area (Å²) in [5.41, 5.74) is 16.9. The summed E-state index contributed by atoms with van der Waals surface area (Å²) >= 11 is 0. The Bertz CT molecular complexity index is 3310. The average molecular weight is 790 g/mol. The number of hydrogen-bond donors (Lipinski definition) is 0. The number of aromatic nitrogens is 3. The van der Waals surface area contributed by atoms with Crippen molar-refractivity contribution in [2.75, 3.05) is 0 Å². The van der Waals surface area contributed by atoms with Crippen LogP contribution in [0.3, 0.4) is 0 Å². The van der Waals surface area contributed by atoms with Crippen molar-refractivity contribution in [3.63, 3.8) is 0 Å². The maximum absolute atomic E-state index is 5.25. The third-order valence-corrected chi connectivity index (χ3v) is 11.6. The molecule has 0 spiro atoms. The highest BCUT2D eigenvalue weighted by Gasteiger charge is 2.16. The quantitative estimate of drug-likeness (QED) is 0.144. The predicted octanol–water partition coefficient (Wildman–Crippen LogP) is 15.5. The summed E-state index contributed by atoms with van der Waals surface area (Å²) in [6.45, 7) is 0. The lowest BCUT2D eigenvalue weighted by atomic mass is 9.92. The lowest BCUT2D eigenvalue weighted by molar-refractivity contribution is 1.18. The highest BCUT2D eigenvalue weighted by molar-refractivity contribution is 6.14. The lowest BCUT2D eigenvalue weighted by Crippen LogP contribution is -1.97. The summed E-state index contributed by atoms with van der Waals surface area (Å²) in [6, 6.07) is 83.5. The van der Waals surface area contributed by atoms with Crippen molar-refractivity contribution in [3.05, 3.63) is 237 Å². The van der Waals surface area contributed by atoms with E-state index < -0.39 is 0 Å². The smallest absolute Gasteiger partial charge is 0.160 e. The maximum Gasteiger partial charge on any atom is 0.160 e. The van der Waals surface area contributed by atoms with Crippen molar-refractivity contribution >= 4 is 21.7 Å². The van der Waals surface area contributed by atoms with Crippen LogP contribution in [0, 0.1) is 0 Å². The van der Waals surface area contributed by atoms with Gasteiger partial charge < -0.3 is 0 Å². The number of pyridine rings is 1.